The lowest BCUT2D eigenvalue weighted by Crippen LogP contribution is -2.13. The van der Waals surface area contributed by atoms with Gasteiger partial charge in [0.1, 0.15) is 0 Å². The van der Waals surface area contributed by atoms with Crippen molar-refractivity contribution in [2.24, 2.45) is 0 Å². The van der Waals surface area contributed by atoms with Crippen LogP contribution in [0.4, 0.5) is 0 Å². The van der Waals surface area contributed by atoms with E-state index in [0.717, 1.165) is 12.5 Å². The van der Waals surface area contributed by atoms with E-state index in [2.05, 4.69) is 0 Å². The predicted molar refractivity (Wildman–Crippen MR) is 70.5 cm³/mol. The van der Waals surface area contributed by atoms with E-state index >= 15 is 0 Å². The summed E-state index contributed by atoms with van der Waals surface area (Å²) in [6.07, 6.45) is 3.68. The summed E-state index contributed by atoms with van der Waals surface area (Å²) >= 11 is 0. The molecule has 0 aliphatic heterocycles. The highest BCUT2D eigenvalue weighted by molar-refractivity contribution is 7.93. The highest BCUT2D eigenvalue weighted by Crippen LogP contribution is 2.38. The van der Waals surface area contributed by atoms with Crippen molar-refractivity contribution < 1.29 is 21.9 Å². The van der Waals surface area contributed by atoms with Gasteiger partial charge in [-0.1, -0.05) is 6.07 Å². The molecule has 0 spiro atoms. The largest absolute Gasteiger partial charge is 0.390 e. The van der Waals surface area contributed by atoms with Crippen molar-refractivity contribution in [1.82, 2.24) is 0 Å². The summed E-state index contributed by atoms with van der Waals surface area (Å²) in [4.78, 5) is -0.390. The van der Waals surface area contributed by atoms with Crippen LogP contribution in [0.5, 0.6) is 0 Å². The van der Waals surface area contributed by atoms with Gasteiger partial charge in [-0.3, -0.25) is 0 Å². The molecule has 0 heterocycles. The van der Waals surface area contributed by atoms with Gasteiger partial charge < -0.3 is 5.11 Å². The molecule has 1 aromatic rings. The summed E-state index contributed by atoms with van der Waals surface area (Å²) in [7, 11) is -7.24. The third-order valence-corrected chi connectivity index (χ3v) is 5.59. The Hall–Kier alpha value is -0.920. The van der Waals surface area contributed by atoms with Crippen molar-refractivity contribution in [2.75, 3.05) is 12.5 Å². The normalized spacial score (nSPS) is 18.3. The molecule has 0 bridgehead atoms. The van der Waals surface area contributed by atoms with Crippen molar-refractivity contribution in [3.63, 3.8) is 0 Å². The zero-order valence-corrected chi connectivity index (χ0v) is 12.4. The van der Waals surface area contributed by atoms with Crippen LogP contribution in [0.15, 0.2) is 28.0 Å². The quantitative estimate of drug-likeness (QED) is 0.878. The van der Waals surface area contributed by atoms with E-state index in [1.807, 2.05) is 0 Å². The molecule has 0 saturated heterocycles. The second-order valence-corrected chi connectivity index (χ2v) is 9.19. The topological polar surface area (TPSA) is 88.5 Å². The highest BCUT2D eigenvalue weighted by atomic mass is 32.2. The second kappa shape index (κ2) is 4.29. The molecule has 5 nitrogen and oxygen atoms in total. The van der Waals surface area contributed by atoms with Crippen molar-refractivity contribution in [1.29, 1.82) is 0 Å². The molecule has 0 radical (unpaired) electrons. The number of sulfone groups is 2. The number of hydrogen-bond donors (Lipinski definition) is 1. The Balaban J connectivity index is 2.54. The van der Waals surface area contributed by atoms with Crippen LogP contribution < -0.4 is 0 Å². The average Bonchev–Trinajstić information content (AvgIpc) is 2.93. The Morgan fingerprint density at radius 3 is 2.00 bits per heavy atom. The third-order valence-electron chi connectivity index (χ3n) is 3.17. The summed E-state index contributed by atoms with van der Waals surface area (Å²) in [5.41, 5.74) is -0.116. The van der Waals surface area contributed by atoms with E-state index in [1.54, 1.807) is 6.07 Å². The Morgan fingerprint density at radius 1 is 1.05 bits per heavy atom. The molecule has 1 fully saturated rings. The Bertz CT molecular complexity index is 712. The molecular formula is C12H16O5S2. The van der Waals surface area contributed by atoms with E-state index in [0.29, 0.717) is 24.8 Å². The lowest BCUT2D eigenvalue weighted by Gasteiger charge is -2.11. The van der Waals surface area contributed by atoms with E-state index < -0.39 is 25.3 Å². The molecule has 0 atom stereocenters. The minimum Gasteiger partial charge on any atom is -0.390 e. The van der Waals surface area contributed by atoms with Gasteiger partial charge in [0, 0.05) is 18.9 Å². The van der Waals surface area contributed by atoms with Crippen molar-refractivity contribution >= 4 is 19.7 Å². The first-order chi connectivity index (χ1) is 8.51. The maximum absolute atomic E-state index is 11.7. The average molecular weight is 304 g/mol. The van der Waals surface area contributed by atoms with Crippen LogP contribution in [0.2, 0.25) is 0 Å². The maximum atomic E-state index is 11.7. The number of benzene rings is 1. The van der Waals surface area contributed by atoms with Crippen LogP contribution in [-0.4, -0.2) is 40.1 Å². The lowest BCUT2D eigenvalue weighted by molar-refractivity contribution is 0.151. The van der Waals surface area contributed by atoms with E-state index in [1.165, 1.54) is 12.1 Å². The van der Waals surface area contributed by atoms with Crippen LogP contribution in [0.1, 0.15) is 18.4 Å². The first-order valence-electron chi connectivity index (χ1n) is 5.77. The van der Waals surface area contributed by atoms with Gasteiger partial charge in [0.25, 0.3) is 0 Å². The first kappa shape index (κ1) is 14.5. The van der Waals surface area contributed by atoms with E-state index in [-0.39, 0.29) is 9.79 Å². The second-order valence-electron chi connectivity index (χ2n) is 5.23. The van der Waals surface area contributed by atoms with Crippen LogP contribution in [0, 0.1) is 0 Å². The molecule has 0 aromatic heterocycles. The monoisotopic (exact) mass is 304 g/mol. The molecule has 0 unspecified atom stereocenters. The van der Waals surface area contributed by atoms with Gasteiger partial charge in [0.2, 0.25) is 0 Å². The van der Waals surface area contributed by atoms with Crippen LogP contribution in [0.3, 0.4) is 0 Å². The van der Waals surface area contributed by atoms with Gasteiger partial charge in [-0.05, 0) is 30.5 Å². The van der Waals surface area contributed by atoms with Gasteiger partial charge >= 0.3 is 0 Å². The van der Waals surface area contributed by atoms with Gasteiger partial charge in [-0.2, -0.15) is 0 Å². The van der Waals surface area contributed by atoms with Crippen molar-refractivity contribution in [2.45, 2.75) is 34.7 Å². The van der Waals surface area contributed by atoms with E-state index in [4.69, 9.17) is 0 Å². The number of hydrogen-bond acceptors (Lipinski definition) is 5. The lowest BCUT2D eigenvalue weighted by atomic mass is 10.1. The summed E-state index contributed by atoms with van der Waals surface area (Å²) in [5, 5.41) is 9.84. The smallest absolute Gasteiger partial charge is 0.176 e. The van der Waals surface area contributed by atoms with Gasteiger partial charge in [0.05, 0.1) is 15.4 Å². The Labute approximate surface area is 113 Å². The molecule has 1 aromatic carbocycles. The van der Waals surface area contributed by atoms with Gasteiger partial charge in [-0.15, -0.1) is 0 Å². The fraction of sp³-hybridized carbons (Fsp3) is 0.500. The number of aliphatic hydroxyl groups is 1. The van der Waals surface area contributed by atoms with Gasteiger partial charge in [-0.25, -0.2) is 16.8 Å². The molecule has 1 aliphatic carbocycles. The standard InChI is InChI=1S/C12H16O5S2/c1-18(14,15)10-4-3-9(8-12(13)5-6-12)7-11(10)19(2,16)17/h3-4,7,13H,5-6,8H2,1-2H3. The van der Waals surface area contributed by atoms with Crippen LogP contribution in [-0.2, 0) is 26.1 Å². The summed E-state index contributed by atoms with van der Waals surface area (Å²) in [6.45, 7) is 0. The molecule has 1 aliphatic rings. The molecule has 1 saturated carbocycles. The molecule has 7 heteroatoms. The first-order valence-corrected chi connectivity index (χ1v) is 9.55. The van der Waals surface area contributed by atoms with Gasteiger partial charge in [0.15, 0.2) is 19.7 Å². The van der Waals surface area contributed by atoms with E-state index in [9.17, 15) is 21.9 Å². The molecule has 1 N–H and O–H groups in total. The summed E-state index contributed by atoms with van der Waals surface area (Å²) in [5.74, 6) is 0. The molecule has 19 heavy (non-hydrogen) atoms. The van der Waals surface area contributed by atoms with Crippen molar-refractivity contribution in [3.05, 3.63) is 23.8 Å². The Kier molecular flexibility index (Phi) is 3.27. The summed E-state index contributed by atoms with van der Waals surface area (Å²) < 4.78 is 46.6. The zero-order valence-electron chi connectivity index (χ0n) is 10.8. The van der Waals surface area contributed by atoms with Crippen LogP contribution >= 0.6 is 0 Å². The highest BCUT2D eigenvalue weighted by Gasteiger charge is 2.40. The summed E-state index contributed by atoms with van der Waals surface area (Å²) in [6, 6.07) is 4.20. The SMILES string of the molecule is CS(=O)(=O)c1ccc(CC2(O)CC2)cc1S(C)(=O)=O. The fourth-order valence-corrected chi connectivity index (χ4v) is 4.41. The molecule has 106 valence electrons. The minimum absolute atomic E-state index is 0.193. The Morgan fingerprint density at radius 2 is 1.58 bits per heavy atom. The maximum Gasteiger partial charge on any atom is 0.176 e. The van der Waals surface area contributed by atoms with Crippen LogP contribution in [0.25, 0.3) is 0 Å². The zero-order chi connectivity index (χ0) is 14.5. The number of rotatable bonds is 4. The molecular weight excluding hydrogens is 288 g/mol. The fourth-order valence-electron chi connectivity index (χ4n) is 1.96. The molecule has 0 amide bonds. The van der Waals surface area contributed by atoms with Crippen molar-refractivity contribution in [3.8, 4) is 0 Å². The third kappa shape index (κ3) is 3.34. The predicted octanol–water partition coefficient (Wildman–Crippen LogP) is 0.561. The molecule has 2 rings (SSSR count). The minimum atomic E-state index is -3.64.